The Hall–Kier alpha value is -3.61. The van der Waals surface area contributed by atoms with Crippen LogP contribution < -0.4 is 10.2 Å². The maximum atomic E-state index is 13.1. The van der Waals surface area contributed by atoms with Gasteiger partial charge in [-0.1, -0.05) is 6.07 Å². The highest BCUT2D eigenvalue weighted by Gasteiger charge is 2.24. The molecule has 1 aromatic heterocycles. The highest BCUT2D eigenvalue weighted by molar-refractivity contribution is 6.07. The first-order chi connectivity index (χ1) is 14.0. The molecule has 1 fully saturated rings. The van der Waals surface area contributed by atoms with E-state index in [1.165, 1.54) is 13.0 Å². The third-order valence-corrected chi connectivity index (χ3v) is 5.10. The summed E-state index contributed by atoms with van der Waals surface area (Å²) in [4.78, 5) is 32.5. The zero-order valence-corrected chi connectivity index (χ0v) is 16.1. The van der Waals surface area contributed by atoms with Gasteiger partial charge in [0.05, 0.1) is 0 Å². The molecule has 1 aliphatic rings. The third-order valence-electron chi connectivity index (χ3n) is 5.10. The SMILES string of the molecule is CC(=O)Nc1ccc(N2CCN(C(=O)c3ccc(O)c4ncccc34)CC2)cc1. The van der Waals surface area contributed by atoms with Crippen LogP contribution >= 0.6 is 0 Å². The molecule has 0 unspecified atom stereocenters. The number of amides is 2. The fourth-order valence-corrected chi connectivity index (χ4v) is 3.64. The van der Waals surface area contributed by atoms with E-state index in [1.54, 1.807) is 18.3 Å². The second kappa shape index (κ2) is 7.79. The number of aromatic hydroxyl groups is 1. The van der Waals surface area contributed by atoms with Crippen molar-refractivity contribution in [2.24, 2.45) is 0 Å². The minimum atomic E-state index is -0.0955. The van der Waals surface area contributed by atoms with Crippen molar-refractivity contribution in [1.29, 1.82) is 0 Å². The van der Waals surface area contributed by atoms with Gasteiger partial charge in [-0.15, -0.1) is 0 Å². The van der Waals surface area contributed by atoms with Crippen molar-refractivity contribution in [3.8, 4) is 5.75 Å². The van der Waals surface area contributed by atoms with Gasteiger partial charge in [0.15, 0.2) is 0 Å². The van der Waals surface area contributed by atoms with Gasteiger partial charge in [-0.05, 0) is 42.5 Å². The van der Waals surface area contributed by atoms with E-state index < -0.39 is 0 Å². The number of benzene rings is 2. The molecule has 29 heavy (non-hydrogen) atoms. The molecule has 0 saturated carbocycles. The van der Waals surface area contributed by atoms with Gasteiger partial charge >= 0.3 is 0 Å². The Morgan fingerprint density at radius 1 is 1.00 bits per heavy atom. The van der Waals surface area contributed by atoms with Crippen LogP contribution in [0.2, 0.25) is 0 Å². The van der Waals surface area contributed by atoms with Crippen molar-refractivity contribution < 1.29 is 14.7 Å². The zero-order valence-electron chi connectivity index (χ0n) is 16.1. The standard InChI is InChI=1S/C22H22N4O3/c1-15(27)24-16-4-6-17(7-5-16)25-11-13-26(14-12-25)22(29)19-8-9-20(28)21-18(19)3-2-10-23-21/h2-10,28H,11-14H2,1H3,(H,24,27). The topological polar surface area (TPSA) is 85.8 Å². The number of pyridine rings is 1. The summed E-state index contributed by atoms with van der Waals surface area (Å²) in [5.74, 6) is -0.0739. The number of carbonyl (C=O) groups is 2. The van der Waals surface area contributed by atoms with Crippen molar-refractivity contribution in [3.63, 3.8) is 0 Å². The molecule has 1 saturated heterocycles. The summed E-state index contributed by atoms with van der Waals surface area (Å²) in [5, 5.41) is 13.4. The van der Waals surface area contributed by atoms with Gasteiger partial charge in [0, 0.05) is 61.6 Å². The summed E-state index contributed by atoms with van der Waals surface area (Å²) in [5.41, 5.74) is 2.82. The normalized spacial score (nSPS) is 14.1. The van der Waals surface area contributed by atoms with Crippen LogP contribution in [0.4, 0.5) is 11.4 Å². The van der Waals surface area contributed by atoms with E-state index in [4.69, 9.17) is 0 Å². The summed E-state index contributed by atoms with van der Waals surface area (Å²) in [6, 6.07) is 14.5. The lowest BCUT2D eigenvalue weighted by Gasteiger charge is -2.36. The Bertz CT molecular complexity index is 1060. The number of aromatic nitrogens is 1. The van der Waals surface area contributed by atoms with Crippen LogP contribution in [0.3, 0.4) is 0 Å². The van der Waals surface area contributed by atoms with Gasteiger partial charge in [-0.2, -0.15) is 0 Å². The smallest absolute Gasteiger partial charge is 0.254 e. The number of hydrogen-bond donors (Lipinski definition) is 2. The van der Waals surface area contributed by atoms with E-state index >= 15 is 0 Å². The van der Waals surface area contributed by atoms with Gasteiger partial charge in [-0.25, -0.2) is 0 Å². The molecule has 4 rings (SSSR count). The van der Waals surface area contributed by atoms with Crippen LogP contribution in [-0.4, -0.2) is 53.0 Å². The highest BCUT2D eigenvalue weighted by Crippen LogP contribution is 2.27. The molecule has 2 N–H and O–H groups in total. The molecule has 0 bridgehead atoms. The molecular formula is C22H22N4O3. The Morgan fingerprint density at radius 2 is 1.72 bits per heavy atom. The molecule has 1 aliphatic heterocycles. The van der Waals surface area contributed by atoms with E-state index in [0.29, 0.717) is 29.6 Å². The summed E-state index contributed by atoms with van der Waals surface area (Å²) < 4.78 is 0. The van der Waals surface area contributed by atoms with Gasteiger partial charge in [0.1, 0.15) is 11.3 Å². The number of hydrogen-bond acceptors (Lipinski definition) is 5. The lowest BCUT2D eigenvalue weighted by molar-refractivity contribution is -0.114. The molecule has 2 aromatic carbocycles. The second-order valence-electron chi connectivity index (χ2n) is 7.04. The average Bonchev–Trinajstić information content (AvgIpc) is 2.74. The Balaban J connectivity index is 1.45. The Kier molecular flexibility index (Phi) is 5.03. The van der Waals surface area contributed by atoms with Crippen molar-refractivity contribution in [2.45, 2.75) is 6.92 Å². The maximum absolute atomic E-state index is 13.1. The number of phenols is 1. The molecule has 0 atom stereocenters. The van der Waals surface area contributed by atoms with Crippen LogP contribution in [0, 0.1) is 0 Å². The fraction of sp³-hybridized carbons (Fsp3) is 0.227. The lowest BCUT2D eigenvalue weighted by atomic mass is 10.1. The summed E-state index contributed by atoms with van der Waals surface area (Å²) in [6.07, 6.45) is 1.60. The van der Waals surface area contributed by atoms with Crippen LogP contribution in [0.1, 0.15) is 17.3 Å². The molecule has 7 nitrogen and oxygen atoms in total. The molecule has 7 heteroatoms. The zero-order chi connectivity index (χ0) is 20.4. The monoisotopic (exact) mass is 390 g/mol. The van der Waals surface area contributed by atoms with E-state index in [-0.39, 0.29) is 17.6 Å². The lowest BCUT2D eigenvalue weighted by Crippen LogP contribution is -2.48. The highest BCUT2D eigenvalue weighted by atomic mass is 16.3. The van der Waals surface area contributed by atoms with Gasteiger partial charge in [-0.3, -0.25) is 14.6 Å². The van der Waals surface area contributed by atoms with Gasteiger partial charge < -0.3 is 20.2 Å². The average molecular weight is 390 g/mol. The molecular weight excluding hydrogens is 368 g/mol. The summed E-state index contributed by atoms with van der Waals surface area (Å²) >= 11 is 0. The van der Waals surface area contributed by atoms with E-state index in [9.17, 15) is 14.7 Å². The Labute approximate surface area is 168 Å². The molecule has 0 radical (unpaired) electrons. The van der Waals surface area contributed by atoms with Crippen LogP contribution in [0.25, 0.3) is 10.9 Å². The summed E-state index contributed by atoms with van der Waals surface area (Å²) in [7, 11) is 0. The molecule has 0 aliphatic carbocycles. The number of rotatable bonds is 3. The minimum absolute atomic E-state index is 0.0522. The van der Waals surface area contributed by atoms with Crippen LogP contribution in [0.5, 0.6) is 5.75 Å². The van der Waals surface area contributed by atoms with Crippen molar-refractivity contribution >= 4 is 34.1 Å². The van der Waals surface area contributed by atoms with Crippen LogP contribution in [0.15, 0.2) is 54.7 Å². The van der Waals surface area contributed by atoms with E-state index in [1.807, 2.05) is 35.2 Å². The minimum Gasteiger partial charge on any atom is -0.506 e. The van der Waals surface area contributed by atoms with Crippen molar-refractivity contribution in [3.05, 3.63) is 60.3 Å². The third kappa shape index (κ3) is 3.85. The predicted octanol–water partition coefficient (Wildman–Crippen LogP) is 2.86. The molecule has 2 amide bonds. The van der Waals surface area contributed by atoms with Crippen LogP contribution in [-0.2, 0) is 4.79 Å². The summed E-state index contributed by atoms with van der Waals surface area (Å²) in [6.45, 7) is 4.14. The number of nitrogens with zero attached hydrogens (tertiary/aromatic N) is 3. The number of carbonyl (C=O) groups excluding carboxylic acids is 2. The molecule has 148 valence electrons. The first-order valence-corrected chi connectivity index (χ1v) is 9.51. The number of fused-ring (bicyclic) bond motifs is 1. The first-order valence-electron chi connectivity index (χ1n) is 9.51. The number of nitrogens with one attached hydrogen (secondary N) is 1. The fourth-order valence-electron chi connectivity index (χ4n) is 3.64. The first kappa shape index (κ1) is 18.7. The van der Waals surface area contributed by atoms with Gasteiger partial charge in [0.2, 0.25) is 5.91 Å². The van der Waals surface area contributed by atoms with E-state index in [2.05, 4.69) is 15.2 Å². The second-order valence-corrected chi connectivity index (χ2v) is 7.04. The largest absolute Gasteiger partial charge is 0.506 e. The quantitative estimate of drug-likeness (QED) is 0.718. The molecule has 0 spiro atoms. The number of anilines is 2. The Morgan fingerprint density at radius 3 is 2.41 bits per heavy atom. The number of phenolic OH excluding ortho intramolecular Hbond substituents is 1. The van der Waals surface area contributed by atoms with Crippen molar-refractivity contribution in [1.82, 2.24) is 9.88 Å². The number of piperazine rings is 1. The van der Waals surface area contributed by atoms with E-state index in [0.717, 1.165) is 24.5 Å². The maximum Gasteiger partial charge on any atom is 0.254 e. The predicted molar refractivity (Wildman–Crippen MR) is 112 cm³/mol. The molecule has 3 aromatic rings. The van der Waals surface area contributed by atoms with Gasteiger partial charge in [0.25, 0.3) is 5.91 Å². The molecule has 2 heterocycles. The van der Waals surface area contributed by atoms with Crippen molar-refractivity contribution in [2.75, 3.05) is 36.4 Å².